The fourth-order valence-corrected chi connectivity index (χ4v) is 1.92. The lowest BCUT2D eigenvalue weighted by Gasteiger charge is -2.17. The molecule has 0 bridgehead atoms. The molecule has 0 radical (unpaired) electrons. The van der Waals surface area contributed by atoms with Gasteiger partial charge in [0.15, 0.2) is 0 Å². The zero-order chi connectivity index (χ0) is 12.3. The molecule has 1 unspecified atom stereocenters. The molecule has 0 saturated heterocycles. The summed E-state index contributed by atoms with van der Waals surface area (Å²) in [5, 5.41) is 0. The van der Waals surface area contributed by atoms with Gasteiger partial charge < -0.3 is 4.55 Å². The summed E-state index contributed by atoms with van der Waals surface area (Å²) in [6.45, 7) is 7.74. The van der Waals surface area contributed by atoms with Gasteiger partial charge in [0, 0.05) is 10.0 Å². The van der Waals surface area contributed by atoms with Crippen LogP contribution < -0.4 is 0 Å². The number of hydrogen-bond donors (Lipinski definition) is 0. The minimum absolute atomic E-state index is 0.309. The monoisotopic (exact) mass is 301 g/mol. The van der Waals surface area contributed by atoms with Crippen LogP contribution in [0.2, 0.25) is 0 Å². The van der Waals surface area contributed by atoms with Crippen LogP contribution in [-0.4, -0.2) is 15.5 Å². The molecule has 0 amide bonds. The molecule has 0 spiro atoms. The maximum Gasteiger partial charge on any atom is 0.144 e. The SMILES string of the molecule is Cc1ccc(Br)cc1/C=N/[S+]([O-])C(C)(C)C. The second-order valence-electron chi connectivity index (χ2n) is 4.60. The zero-order valence-corrected chi connectivity index (χ0v) is 12.4. The molecule has 1 aromatic rings. The Hall–Kier alpha value is -0.320. The molecule has 0 aliphatic rings. The van der Waals surface area contributed by atoms with Crippen molar-refractivity contribution in [3.8, 4) is 0 Å². The predicted molar refractivity (Wildman–Crippen MR) is 74.4 cm³/mol. The van der Waals surface area contributed by atoms with Crippen LogP contribution in [0.3, 0.4) is 0 Å². The van der Waals surface area contributed by atoms with Crippen LogP contribution in [0.4, 0.5) is 0 Å². The van der Waals surface area contributed by atoms with E-state index in [1.54, 1.807) is 6.21 Å². The second-order valence-corrected chi connectivity index (χ2v) is 7.45. The Balaban J connectivity index is 2.88. The van der Waals surface area contributed by atoms with Gasteiger partial charge in [0.2, 0.25) is 0 Å². The molecule has 0 aliphatic heterocycles. The highest BCUT2D eigenvalue weighted by Crippen LogP contribution is 2.18. The van der Waals surface area contributed by atoms with Crippen molar-refractivity contribution in [3.05, 3.63) is 33.8 Å². The van der Waals surface area contributed by atoms with Gasteiger partial charge in [0.25, 0.3) is 0 Å². The van der Waals surface area contributed by atoms with E-state index in [1.807, 2.05) is 45.9 Å². The second kappa shape index (κ2) is 5.34. The number of hydrogen-bond acceptors (Lipinski definition) is 2. The highest BCUT2D eigenvalue weighted by Gasteiger charge is 2.25. The molecular weight excluding hydrogens is 286 g/mol. The van der Waals surface area contributed by atoms with E-state index in [-0.39, 0.29) is 4.75 Å². The first-order chi connectivity index (χ1) is 7.30. The summed E-state index contributed by atoms with van der Waals surface area (Å²) < 4.78 is 16.5. The summed E-state index contributed by atoms with van der Waals surface area (Å²) >= 11 is 2.21. The minimum Gasteiger partial charge on any atom is -0.591 e. The molecular formula is C12H16BrNOS. The van der Waals surface area contributed by atoms with E-state index >= 15 is 0 Å². The van der Waals surface area contributed by atoms with Crippen LogP contribution in [0.15, 0.2) is 27.1 Å². The van der Waals surface area contributed by atoms with Gasteiger partial charge in [-0.3, -0.25) is 0 Å². The van der Waals surface area contributed by atoms with Crippen molar-refractivity contribution in [2.45, 2.75) is 32.4 Å². The molecule has 4 heteroatoms. The van der Waals surface area contributed by atoms with Gasteiger partial charge in [-0.2, -0.15) is 0 Å². The summed E-state index contributed by atoms with van der Waals surface area (Å²) in [5.41, 5.74) is 2.12. The Labute approximate surface area is 109 Å². The van der Waals surface area contributed by atoms with Crippen molar-refractivity contribution in [1.82, 2.24) is 0 Å². The van der Waals surface area contributed by atoms with E-state index in [2.05, 4.69) is 20.3 Å². The van der Waals surface area contributed by atoms with E-state index in [0.29, 0.717) is 0 Å². The average molecular weight is 302 g/mol. The largest absolute Gasteiger partial charge is 0.591 e. The first kappa shape index (κ1) is 13.7. The maximum atomic E-state index is 11.7. The smallest absolute Gasteiger partial charge is 0.144 e. The third-order valence-corrected chi connectivity index (χ3v) is 3.89. The van der Waals surface area contributed by atoms with Gasteiger partial charge in [-0.25, -0.2) is 0 Å². The first-order valence-electron chi connectivity index (χ1n) is 5.03. The van der Waals surface area contributed by atoms with Gasteiger partial charge in [-0.15, -0.1) is 0 Å². The maximum absolute atomic E-state index is 11.7. The molecule has 88 valence electrons. The van der Waals surface area contributed by atoms with E-state index in [0.717, 1.165) is 15.6 Å². The molecule has 0 N–H and O–H groups in total. The minimum atomic E-state index is -1.20. The number of halogens is 1. The van der Waals surface area contributed by atoms with E-state index in [4.69, 9.17) is 0 Å². The Bertz CT molecular complexity index is 398. The van der Waals surface area contributed by atoms with Gasteiger partial charge in [0.05, 0.1) is 6.21 Å². The Morgan fingerprint density at radius 3 is 2.56 bits per heavy atom. The Morgan fingerprint density at radius 2 is 2.00 bits per heavy atom. The highest BCUT2D eigenvalue weighted by atomic mass is 79.9. The number of nitrogens with zero attached hydrogens (tertiary/aromatic N) is 1. The van der Waals surface area contributed by atoms with Crippen molar-refractivity contribution in [3.63, 3.8) is 0 Å². The van der Waals surface area contributed by atoms with Crippen LogP contribution in [-0.2, 0) is 11.4 Å². The average Bonchev–Trinajstić information content (AvgIpc) is 2.17. The van der Waals surface area contributed by atoms with Crippen LogP contribution in [0.1, 0.15) is 31.9 Å². The summed E-state index contributed by atoms with van der Waals surface area (Å²) in [7, 11) is 0. The Kier molecular flexibility index (Phi) is 4.59. The van der Waals surface area contributed by atoms with Crippen molar-refractivity contribution >= 4 is 33.5 Å². The third kappa shape index (κ3) is 3.92. The molecule has 1 rings (SSSR count). The van der Waals surface area contributed by atoms with Crippen molar-refractivity contribution in [2.24, 2.45) is 4.40 Å². The summed E-state index contributed by atoms with van der Waals surface area (Å²) in [4.78, 5) is 0. The molecule has 16 heavy (non-hydrogen) atoms. The van der Waals surface area contributed by atoms with Gasteiger partial charge in [-0.05, 0) is 45.4 Å². The topological polar surface area (TPSA) is 35.4 Å². The predicted octanol–water partition coefficient (Wildman–Crippen LogP) is 3.64. The molecule has 2 nitrogen and oxygen atoms in total. The lowest BCUT2D eigenvalue weighted by atomic mass is 10.1. The zero-order valence-electron chi connectivity index (χ0n) is 9.95. The van der Waals surface area contributed by atoms with Crippen LogP contribution in [0.5, 0.6) is 0 Å². The highest BCUT2D eigenvalue weighted by molar-refractivity contribution is 9.10. The van der Waals surface area contributed by atoms with Crippen LogP contribution in [0, 0.1) is 6.92 Å². The van der Waals surface area contributed by atoms with Crippen molar-refractivity contribution in [1.29, 1.82) is 0 Å². The number of rotatable bonds is 2. The molecule has 1 aromatic carbocycles. The number of aryl methyl sites for hydroxylation is 1. The fraction of sp³-hybridized carbons (Fsp3) is 0.417. The van der Waals surface area contributed by atoms with E-state index in [1.165, 1.54) is 0 Å². The van der Waals surface area contributed by atoms with Crippen LogP contribution in [0.25, 0.3) is 0 Å². The van der Waals surface area contributed by atoms with Gasteiger partial charge in [-0.1, -0.05) is 26.4 Å². The summed E-state index contributed by atoms with van der Waals surface area (Å²) in [6.07, 6.45) is 1.68. The molecule has 0 saturated carbocycles. The fourth-order valence-electron chi connectivity index (χ4n) is 1.01. The van der Waals surface area contributed by atoms with Gasteiger partial charge >= 0.3 is 0 Å². The van der Waals surface area contributed by atoms with Crippen molar-refractivity contribution < 1.29 is 4.55 Å². The van der Waals surface area contributed by atoms with E-state index < -0.39 is 11.4 Å². The van der Waals surface area contributed by atoms with Gasteiger partial charge in [0.1, 0.15) is 16.1 Å². The molecule has 0 aliphatic carbocycles. The quantitative estimate of drug-likeness (QED) is 0.607. The normalized spacial score (nSPS) is 14.4. The lowest BCUT2D eigenvalue weighted by molar-refractivity contribution is 0.562. The van der Waals surface area contributed by atoms with Crippen molar-refractivity contribution in [2.75, 3.05) is 0 Å². The third-order valence-electron chi connectivity index (χ3n) is 2.05. The summed E-state index contributed by atoms with van der Waals surface area (Å²) in [5.74, 6) is 0. The lowest BCUT2D eigenvalue weighted by Crippen LogP contribution is -2.25. The molecule has 0 heterocycles. The summed E-state index contributed by atoms with van der Waals surface area (Å²) in [6, 6.07) is 5.96. The Morgan fingerprint density at radius 1 is 1.38 bits per heavy atom. The van der Waals surface area contributed by atoms with E-state index in [9.17, 15) is 4.55 Å². The molecule has 0 fully saturated rings. The molecule has 1 atom stereocenters. The standard InChI is InChI=1S/C12H16BrNOS/c1-9-5-6-11(13)7-10(9)8-14-16(15)12(2,3)4/h5-8H,1-4H3/b14-8+. The number of benzene rings is 1. The first-order valence-corrected chi connectivity index (χ1v) is 6.93. The molecule has 0 aromatic heterocycles. The van der Waals surface area contributed by atoms with Crippen LogP contribution >= 0.6 is 15.9 Å².